The smallest absolute Gasteiger partial charge is 0.226 e. The summed E-state index contributed by atoms with van der Waals surface area (Å²) in [7, 11) is 0. The predicted octanol–water partition coefficient (Wildman–Crippen LogP) is 1.94. The van der Waals surface area contributed by atoms with E-state index in [1.165, 1.54) is 0 Å². The van der Waals surface area contributed by atoms with Crippen LogP contribution in [0.1, 0.15) is 37.5 Å². The standard InChI is InChI=1S/C15H17N5O/c21-15(11-3-4-11)20-9-1-2-12(20)14-17-13(18-19-14)10-5-7-16-8-6-10/h5-8,11-12H,1-4,9H2,(H,17,18,19)/t12-/m0/s1. The Labute approximate surface area is 122 Å². The Balaban J connectivity index is 1.58. The van der Waals surface area contributed by atoms with E-state index in [9.17, 15) is 4.79 Å². The van der Waals surface area contributed by atoms with Crippen LogP contribution >= 0.6 is 0 Å². The molecule has 2 aliphatic rings. The highest BCUT2D eigenvalue weighted by atomic mass is 16.2. The molecule has 0 radical (unpaired) electrons. The zero-order valence-corrected chi connectivity index (χ0v) is 11.7. The van der Waals surface area contributed by atoms with Crippen LogP contribution < -0.4 is 0 Å². The molecular formula is C15H17N5O. The Bertz CT molecular complexity index is 649. The third-order valence-electron chi connectivity index (χ3n) is 4.22. The van der Waals surface area contributed by atoms with Crippen molar-refractivity contribution >= 4 is 5.91 Å². The number of aromatic nitrogens is 4. The number of hydrogen-bond acceptors (Lipinski definition) is 4. The predicted molar refractivity (Wildman–Crippen MR) is 76.0 cm³/mol. The summed E-state index contributed by atoms with van der Waals surface area (Å²) in [5, 5.41) is 7.30. The second-order valence-corrected chi connectivity index (χ2v) is 5.74. The number of amides is 1. The van der Waals surface area contributed by atoms with Crippen molar-refractivity contribution in [3.63, 3.8) is 0 Å². The molecule has 2 aromatic rings. The first-order valence-corrected chi connectivity index (χ1v) is 7.46. The molecule has 6 heteroatoms. The van der Waals surface area contributed by atoms with Gasteiger partial charge in [-0.15, -0.1) is 0 Å². The lowest BCUT2D eigenvalue weighted by atomic mass is 10.2. The first-order chi connectivity index (χ1) is 10.3. The molecule has 0 unspecified atom stereocenters. The van der Waals surface area contributed by atoms with Gasteiger partial charge in [0.2, 0.25) is 5.91 Å². The van der Waals surface area contributed by atoms with E-state index < -0.39 is 0 Å². The quantitative estimate of drug-likeness (QED) is 0.934. The minimum absolute atomic E-state index is 0.0567. The third kappa shape index (κ3) is 2.30. The zero-order valence-electron chi connectivity index (χ0n) is 11.7. The summed E-state index contributed by atoms with van der Waals surface area (Å²) in [4.78, 5) is 22.9. The average Bonchev–Trinajstić information content (AvgIpc) is 3.07. The van der Waals surface area contributed by atoms with Gasteiger partial charge >= 0.3 is 0 Å². The van der Waals surface area contributed by atoms with Crippen LogP contribution in [0, 0.1) is 5.92 Å². The molecule has 6 nitrogen and oxygen atoms in total. The summed E-state index contributed by atoms with van der Waals surface area (Å²) >= 11 is 0. The van der Waals surface area contributed by atoms with E-state index in [0.29, 0.717) is 11.7 Å². The van der Waals surface area contributed by atoms with Gasteiger partial charge in [-0.25, -0.2) is 4.98 Å². The van der Waals surface area contributed by atoms with E-state index >= 15 is 0 Å². The molecule has 2 fully saturated rings. The lowest BCUT2D eigenvalue weighted by molar-refractivity contribution is -0.133. The molecule has 1 aliphatic carbocycles. The summed E-state index contributed by atoms with van der Waals surface area (Å²) in [6.07, 6.45) is 7.53. The van der Waals surface area contributed by atoms with Crippen molar-refractivity contribution in [3.8, 4) is 11.4 Å². The minimum Gasteiger partial charge on any atom is -0.332 e. The summed E-state index contributed by atoms with van der Waals surface area (Å²) in [6, 6.07) is 3.82. The molecule has 108 valence electrons. The SMILES string of the molecule is O=C(C1CC1)N1CCC[C@H]1c1nc(-c2ccncc2)n[nH]1. The number of H-pyrrole nitrogens is 1. The highest BCUT2D eigenvalue weighted by molar-refractivity contribution is 5.81. The number of nitrogens with zero attached hydrogens (tertiary/aromatic N) is 4. The molecule has 1 atom stereocenters. The van der Waals surface area contributed by atoms with Crippen molar-refractivity contribution in [2.75, 3.05) is 6.54 Å². The van der Waals surface area contributed by atoms with E-state index in [0.717, 1.165) is 43.6 Å². The zero-order chi connectivity index (χ0) is 14.2. The van der Waals surface area contributed by atoms with Crippen molar-refractivity contribution in [2.24, 2.45) is 5.92 Å². The maximum atomic E-state index is 12.3. The summed E-state index contributed by atoms with van der Waals surface area (Å²) < 4.78 is 0. The van der Waals surface area contributed by atoms with Crippen molar-refractivity contribution in [2.45, 2.75) is 31.7 Å². The lowest BCUT2D eigenvalue weighted by Crippen LogP contribution is -2.32. The first-order valence-electron chi connectivity index (χ1n) is 7.46. The average molecular weight is 283 g/mol. The highest BCUT2D eigenvalue weighted by Crippen LogP contribution is 2.38. The van der Waals surface area contributed by atoms with E-state index in [2.05, 4.69) is 20.2 Å². The largest absolute Gasteiger partial charge is 0.332 e. The molecule has 0 bridgehead atoms. The van der Waals surface area contributed by atoms with Gasteiger partial charge in [-0.1, -0.05) is 0 Å². The van der Waals surface area contributed by atoms with Gasteiger partial charge in [0, 0.05) is 30.4 Å². The molecule has 1 N–H and O–H groups in total. The maximum absolute atomic E-state index is 12.3. The lowest BCUT2D eigenvalue weighted by Gasteiger charge is -2.22. The van der Waals surface area contributed by atoms with Crippen LogP contribution in [-0.4, -0.2) is 37.5 Å². The second kappa shape index (κ2) is 4.95. The van der Waals surface area contributed by atoms with Crippen LogP contribution in [0.3, 0.4) is 0 Å². The number of pyridine rings is 1. The number of carbonyl (C=O) groups is 1. The van der Waals surface area contributed by atoms with Gasteiger partial charge in [0.25, 0.3) is 0 Å². The molecule has 2 aromatic heterocycles. The van der Waals surface area contributed by atoms with E-state index in [1.807, 2.05) is 17.0 Å². The Morgan fingerprint density at radius 1 is 1.24 bits per heavy atom. The van der Waals surface area contributed by atoms with Gasteiger partial charge in [0.05, 0.1) is 6.04 Å². The molecule has 21 heavy (non-hydrogen) atoms. The number of aromatic amines is 1. The second-order valence-electron chi connectivity index (χ2n) is 5.74. The molecule has 1 saturated carbocycles. The molecule has 3 heterocycles. The summed E-state index contributed by atoms with van der Waals surface area (Å²) in [5.74, 6) is 2.01. The Morgan fingerprint density at radius 3 is 2.81 bits per heavy atom. The fourth-order valence-corrected chi connectivity index (χ4v) is 2.93. The fourth-order valence-electron chi connectivity index (χ4n) is 2.93. The van der Waals surface area contributed by atoms with Crippen LogP contribution in [-0.2, 0) is 4.79 Å². The normalized spacial score (nSPS) is 21.7. The number of hydrogen-bond donors (Lipinski definition) is 1. The van der Waals surface area contributed by atoms with Crippen LogP contribution in [0.15, 0.2) is 24.5 Å². The molecule has 4 rings (SSSR count). The third-order valence-corrected chi connectivity index (χ3v) is 4.22. The van der Waals surface area contributed by atoms with Gasteiger partial charge in [-0.05, 0) is 37.8 Å². The van der Waals surface area contributed by atoms with Gasteiger partial charge in [0.15, 0.2) is 5.82 Å². The van der Waals surface area contributed by atoms with E-state index in [4.69, 9.17) is 0 Å². The Kier molecular flexibility index (Phi) is 2.94. The van der Waals surface area contributed by atoms with Crippen LogP contribution in [0.4, 0.5) is 0 Å². The molecular weight excluding hydrogens is 266 g/mol. The Hall–Kier alpha value is -2.24. The highest BCUT2D eigenvalue weighted by Gasteiger charge is 2.39. The van der Waals surface area contributed by atoms with Crippen molar-refractivity contribution < 1.29 is 4.79 Å². The molecule has 1 aliphatic heterocycles. The van der Waals surface area contributed by atoms with Gasteiger partial charge < -0.3 is 4.90 Å². The van der Waals surface area contributed by atoms with Crippen LogP contribution in [0.5, 0.6) is 0 Å². The monoisotopic (exact) mass is 283 g/mol. The first kappa shape index (κ1) is 12.5. The van der Waals surface area contributed by atoms with Gasteiger partial charge in [-0.3, -0.25) is 14.9 Å². The fraction of sp³-hybridized carbons (Fsp3) is 0.467. The Morgan fingerprint density at radius 2 is 2.05 bits per heavy atom. The molecule has 0 spiro atoms. The molecule has 1 saturated heterocycles. The van der Waals surface area contributed by atoms with E-state index in [1.54, 1.807) is 12.4 Å². The van der Waals surface area contributed by atoms with E-state index in [-0.39, 0.29) is 12.0 Å². The van der Waals surface area contributed by atoms with Crippen LogP contribution in [0.25, 0.3) is 11.4 Å². The molecule has 1 amide bonds. The van der Waals surface area contributed by atoms with Crippen molar-refractivity contribution in [1.29, 1.82) is 0 Å². The number of carbonyl (C=O) groups excluding carboxylic acids is 1. The summed E-state index contributed by atoms with van der Waals surface area (Å²) in [5.41, 5.74) is 0.936. The summed E-state index contributed by atoms with van der Waals surface area (Å²) in [6.45, 7) is 0.839. The van der Waals surface area contributed by atoms with Gasteiger partial charge in [-0.2, -0.15) is 5.10 Å². The maximum Gasteiger partial charge on any atom is 0.226 e. The van der Waals surface area contributed by atoms with Crippen LogP contribution in [0.2, 0.25) is 0 Å². The number of likely N-dealkylation sites (tertiary alicyclic amines) is 1. The topological polar surface area (TPSA) is 74.8 Å². The van der Waals surface area contributed by atoms with Gasteiger partial charge in [0.1, 0.15) is 5.82 Å². The number of rotatable bonds is 3. The minimum atomic E-state index is 0.0567. The van der Waals surface area contributed by atoms with Crippen molar-refractivity contribution in [1.82, 2.24) is 25.1 Å². The molecule has 0 aromatic carbocycles. The number of nitrogens with one attached hydrogen (secondary N) is 1. The van der Waals surface area contributed by atoms with Crippen molar-refractivity contribution in [3.05, 3.63) is 30.4 Å².